The van der Waals surface area contributed by atoms with Crippen molar-refractivity contribution < 1.29 is 28.5 Å². The highest BCUT2D eigenvalue weighted by Crippen LogP contribution is 2.40. The zero-order chi connectivity index (χ0) is 20.4. The van der Waals surface area contributed by atoms with E-state index in [-0.39, 0.29) is 23.4 Å². The molecular formula is C22H22O6. The van der Waals surface area contributed by atoms with E-state index >= 15 is 0 Å². The number of rotatable bonds is 5. The Morgan fingerprint density at radius 3 is 2.43 bits per heavy atom. The van der Waals surface area contributed by atoms with Gasteiger partial charge in [-0.2, -0.15) is 0 Å². The number of methoxy groups -OCH3 is 2. The number of hydrogen-bond donors (Lipinski definition) is 0. The Morgan fingerprint density at radius 1 is 1.07 bits per heavy atom. The van der Waals surface area contributed by atoms with Gasteiger partial charge in [0.25, 0.3) is 0 Å². The minimum Gasteiger partial charge on any atom is -0.497 e. The van der Waals surface area contributed by atoms with Crippen molar-refractivity contribution in [1.29, 1.82) is 0 Å². The molecule has 1 aliphatic heterocycles. The van der Waals surface area contributed by atoms with Crippen molar-refractivity contribution in [1.82, 2.24) is 0 Å². The van der Waals surface area contributed by atoms with Crippen LogP contribution >= 0.6 is 0 Å². The number of fused-ring (bicyclic) bond motifs is 1. The smallest absolute Gasteiger partial charge is 0.313 e. The molecule has 0 aliphatic carbocycles. The molecule has 0 fully saturated rings. The number of allylic oxidation sites excluding steroid dienone is 1. The molecule has 1 heterocycles. The topological polar surface area (TPSA) is 71.1 Å². The zero-order valence-electron chi connectivity index (χ0n) is 16.5. The van der Waals surface area contributed by atoms with Gasteiger partial charge in [0.05, 0.1) is 25.7 Å². The predicted molar refractivity (Wildman–Crippen MR) is 104 cm³/mol. The molecule has 1 aliphatic rings. The molecule has 0 atom stereocenters. The number of carbonyl (C=O) groups excluding carboxylic acids is 2. The summed E-state index contributed by atoms with van der Waals surface area (Å²) in [7, 11) is 3.12. The van der Waals surface area contributed by atoms with Crippen LogP contribution in [-0.2, 0) is 4.79 Å². The number of benzene rings is 2. The van der Waals surface area contributed by atoms with Gasteiger partial charge in [-0.3, -0.25) is 9.59 Å². The maximum Gasteiger partial charge on any atom is 0.313 e. The van der Waals surface area contributed by atoms with E-state index in [2.05, 4.69) is 0 Å². The third-order valence-corrected chi connectivity index (χ3v) is 4.44. The first kappa shape index (κ1) is 19.5. The SMILES string of the molecule is COc1ccc(OC)c(/C=C2\Oc3c(ccc(OC(=O)C(C)C)c3C)C2=O)c1. The van der Waals surface area contributed by atoms with Gasteiger partial charge in [0.2, 0.25) is 5.78 Å². The Balaban J connectivity index is 1.97. The van der Waals surface area contributed by atoms with Crippen molar-refractivity contribution >= 4 is 17.8 Å². The first-order valence-electron chi connectivity index (χ1n) is 8.87. The Kier molecular flexibility index (Phi) is 5.40. The van der Waals surface area contributed by atoms with E-state index in [9.17, 15) is 9.59 Å². The van der Waals surface area contributed by atoms with Crippen molar-refractivity contribution in [3.8, 4) is 23.0 Å². The molecule has 146 valence electrons. The minimum atomic E-state index is -0.343. The summed E-state index contributed by atoms with van der Waals surface area (Å²) in [6.45, 7) is 5.27. The van der Waals surface area contributed by atoms with Gasteiger partial charge in [-0.1, -0.05) is 13.8 Å². The molecule has 2 aromatic rings. The van der Waals surface area contributed by atoms with Gasteiger partial charge >= 0.3 is 5.97 Å². The summed E-state index contributed by atoms with van der Waals surface area (Å²) in [5.74, 6) is 1.31. The van der Waals surface area contributed by atoms with E-state index in [1.807, 2.05) is 0 Å². The van der Waals surface area contributed by atoms with Crippen molar-refractivity contribution in [3.05, 3.63) is 52.8 Å². The molecule has 3 rings (SSSR count). The Bertz CT molecular complexity index is 971. The normalized spacial score (nSPS) is 14.1. The van der Waals surface area contributed by atoms with Gasteiger partial charge in [-0.15, -0.1) is 0 Å². The second kappa shape index (κ2) is 7.76. The maximum absolute atomic E-state index is 12.8. The van der Waals surface area contributed by atoms with Crippen molar-refractivity contribution in [2.75, 3.05) is 14.2 Å². The van der Waals surface area contributed by atoms with Crippen LogP contribution in [0.2, 0.25) is 0 Å². The number of ketones is 1. The summed E-state index contributed by atoms with van der Waals surface area (Å²) in [5, 5.41) is 0. The van der Waals surface area contributed by atoms with E-state index in [1.54, 1.807) is 71.4 Å². The van der Waals surface area contributed by atoms with Crippen LogP contribution in [0, 0.1) is 12.8 Å². The molecule has 0 N–H and O–H groups in total. The van der Waals surface area contributed by atoms with Crippen LogP contribution in [0.25, 0.3) is 6.08 Å². The van der Waals surface area contributed by atoms with Crippen LogP contribution in [0.5, 0.6) is 23.0 Å². The van der Waals surface area contributed by atoms with E-state index in [1.165, 1.54) is 0 Å². The molecule has 0 radical (unpaired) electrons. The Labute approximate surface area is 163 Å². The van der Waals surface area contributed by atoms with Gasteiger partial charge in [0, 0.05) is 11.1 Å². The van der Waals surface area contributed by atoms with Crippen LogP contribution in [0.15, 0.2) is 36.1 Å². The van der Waals surface area contributed by atoms with Crippen LogP contribution in [0.1, 0.15) is 35.3 Å². The molecule has 0 amide bonds. The molecule has 0 spiro atoms. The van der Waals surface area contributed by atoms with E-state index in [0.717, 1.165) is 0 Å². The highest BCUT2D eigenvalue weighted by Gasteiger charge is 2.31. The lowest BCUT2D eigenvalue weighted by molar-refractivity contribution is -0.137. The van der Waals surface area contributed by atoms with Gasteiger partial charge in [-0.05, 0) is 43.3 Å². The summed E-state index contributed by atoms with van der Waals surface area (Å²) in [4.78, 5) is 24.7. The number of esters is 1. The van der Waals surface area contributed by atoms with Crippen molar-refractivity contribution in [2.45, 2.75) is 20.8 Å². The summed E-state index contributed by atoms with van der Waals surface area (Å²) in [5.41, 5.74) is 1.68. The average Bonchev–Trinajstić information content (AvgIpc) is 3.00. The maximum atomic E-state index is 12.8. The zero-order valence-corrected chi connectivity index (χ0v) is 16.5. The Hall–Kier alpha value is -3.28. The van der Waals surface area contributed by atoms with Gasteiger partial charge < -0.3 is 18.9 Å². The second-order valence-electron chi connectivity index (χ2n) is 6.69. The fraction of sp³-hybridized carbons (Fsp3) is 0.273. The Morgan fingerprint density at radius 2 is 1.79 bits per heavy atom. The van der Waals surface area contributed by atoms with Crippen LogP contribution in [-0.4, -0.2) is 26.0 Å². The van der Waals surface area contributed by atoms with Crippen LogP contribution < -0.4 is 18.9 Å². The molecule has 6 heteroatoms. The number of hydrogen-bond acceptors (Lipinski definition) is 6. The van der Waals surface area contributed by atoms with E-state index in [4.69, 9.17) is 18.9 Å². The summed E-state index contributed by atoms with van der Waals surface area (Å²) >= 11 is 0. The van der Waals surface area contributed by atoms with Gasteiger partial charge in [0.1, 0.15) is 23.0 Å². The molecule has 6 nitrogen and oxygen atoms in total. The van der Waals surface area contributed by atoms with Crippen LogP contribution in [0.4, 0.5) is 0 Å². The van der Waals surface area contributed by atoms with Crippen LogP contribution in [0.3, 0.4) is 0 Å². The monoisotopic (exact) mass is 382 g/mol. The standard InChI is InChI=1S/C22H22O6/c1-12(2)22(24)28-17-9-7-16-20(23)19(27-21(16)13(17)3)11-14-10-15(25-4)6-8-18(14)26-5/h6-12H,1-5H3/b19-11-. The molecule has 0 bridgehead atoms. The number of ether oxygens (including phenoxy) is 4. The summed E-state index contributed by atoms with van der Waals surface area (Å²) in [6.07, 6.45) is 1.61. The molecular weight excluding hydrogens is 360 g/mol. The third-order valence-electron chi connectivity index (χ3n) is 4.44. The third kappa shape index (κ3) is 3.58. The van der Waals surface area contributed by atoms with E-state index in [0.29, 0.717) is 39.7 Å². The van der Waals surface area contributed by atoms with Crippen molar-refractivity contribution in [3.63, 3.8) is 0 Å². The fourth-order valence-electron chi connectivity index (χ4n) is 2.80. The lowest BCUT2D eigenvalue weighted by atomic mass is 10.1. The first-order valence-corrected chi connectivity index (χ1v) is 8.87. The predicted octanol–water partition coefficient (Wildman–Crippen LogP) is 4.19. The minimum absolute atomic E-state index is 0.164. The van der Waals surface area contributed by atoms with Gasteiger partial charge in [0.15, 0.2) is 5.76 Å². The molecule has 2 aromatic carbocycles. The molecule has 0 saturated carbocycles. The summed E-state index contributed by atoms with van der Waals surface area (Å²) < 4.78 is 21.8. The fourth-order valence-corrected chi connectivity index (χ4v) is 2.80. The second-order valence-corrected chi connectivity index (χ2v) is 6.69. The number of Topliss-reactive ketones (excluding diaryl/α,β-unsaturated/α-hetero) is 1. The lowest BCUT2D eigenvalue weighted by Crippen LogP contribution is -2.15. The highest BCUT2D eigenvalue weighted by atomic mass is 16.5. The van der Waals surface area contributed by atoms with E-state index < -0.39 is 0 Å². The largest absolute Gasteiger partial charge is 0.497 e. The quantitative estimate of drug-likeness (QED) is 0.439. The van der Waals surface area contributed by atoms with Crippen molar-refractivity contribution in [2.24, 2.45) is 5.92 Å². The molecule has 0 saturated heterocycles. The van der Waals surface area contributed by atoms with Gasteiger partial charge in [-0.25, -0.2) is 0 Å². The first-order chi connectivity index (χ1) is 13.3. The molecule has 28 heavy (non-hydrogen) atoms. The highest BCUT2D eigenvalue weighted by molar-refractivity contribution is 6.15. The molecule has 0 aromatic heterocycles. The summed E-state index contributed by atoms with van der Waals surface area (Å²) in [6, 6.07) is 8.51. The average molecular weight is 382 g/mol. The molecule has 0 unspecified atom stereocenters. The number of carbonyl (C=O) groups is 2. The lowest BCUT2D eigenvalue weighted by Gasteiger charge is -2.11.